The molecule has 1 unspecified atom stereocenters. The van der Waals surface area contributed by atoms with Crippen LogP contribution in [0.25, 0.3) is 11.0 Å². The number of nitrogens with one attached hydrogen (secondary N) is 5. The van der Waals surface area contributed by atoms with Crippen molar-refractivity contribution >= 4 is 80.1 Å². The summed E-state index contributed by atoms with van der Waals surface area (Å²) in [5.41, 5.74) is 5.09. The van der Waals surface area contributed by atoms with Crippen molar-refractivity contribution in [2.75, 3.05) is 68.7 Å². The number of piperidine rings is 2. The number of aryl methyl sites for hydroxylation is 1. The number of benzene rings is 3. The maximum Gasteiger partial charge on any atom is 0.234 e. The molecule has 0 spiro atoms. The van der Waals surface area contributed by atoms with Crippen LogP contribution in [-0.4, -0.2) is 91.0 Å². The third kappa shape index (κ3) is 10.2. The zero-order valence-corrected chi connectivity index (χ0v) is 37.1. The molecule has 4 heterocycles. The van der Waals surface area contributed by atoms with E-state index in [-0.39, 0.29) is 24.0 Å². The van der Waals surface area contributed by atoms with Crippen molar-refractivity contribution in [2.24, 2.45) is 0 Å². The zero-order valence-electron chi connectivity index (χ0n) is 34.6. The second kappa shape index (κ2) is 19.3. The lowest BCUT2D eigenvalue weighted by atomic mass is 9.89. The van der Waals surface area contributed by atoms with Gasteiger partial charge >= 0.3 is 0 Å². The number of hydrogen-bond donors (Lipinski definition) is 5. The van der Waals surface area contributed by atoms with E-state index in [1.54, 1.807) is 39.0 Å². The Balaban J connectivity index is 0.917. The maximum atomic E-state index is 14.9. The Morgan fingerprint density at radius 2 is 1.72 bits per heavy atom. The number of halogens is 3. The molecule has 61 heavy (non-hydrogen) atoms. The summed E-state index contributed by atoms with van der Waals surface area (Å²) in [6, 6.07) is 11.2. The molecule has 0 saturated carbocycles. The molecule has 2 saturated heterocycles. The Labute approximate surface area is 362 Å². The van der Waals surface area contributed by atoms with Gasteiger partial charge in [-0.05, 0) is 97.2 Å². The molecular formula is C43H50BrF2N10O4P. The van der Waals surface area contributed by atoms with E-state index < -0.39 is 36.5 Å². The number of hydrogen-bond acceptors (Lipinski definition) is 13. The van der Waals surface area contributed by atoms with Gasteiger partial charge in [-0.3, -0.25) is 24.9 Å². The Bertz CT molecular complexity index is 2480. The molecule has 0 aliphatic carbocycles. The van der Waals surface area contributed by atoms with Gasteiger partial charge in [-0.25, -0.2) is 13.8 Å². The average molecular weight is 920 g/mol. The highest BCUT2D eigenvalue weighted by atomic mass is 79.9. The van der Waals surface area contributed by atoms with Crippen LogP contribution in [0.2, 0.25) is 0 Å². The van der Waals surface area contributed by atoms with Crippen molar-refractivity contribution in [3.05, 3.63) is 87.8 Å². The fourth-order valence-electron chi connectivity index (χ4n) is 7.98. The van der Waals surface area contributed by atoms with Crippen LogP contribution in [0.4, 0.5) is 37.6 Å². The number of fused-ring (bicyclic) bond motifs is 1. The summed E-state index contributed by atoms with van der Waals surface area (Å²) in [5, 5.41) is 16.4. The van der Waals surface area contributed by atoms with E-state index >= 15 is 0 Å². The van der Waals surface area contributed by atoms with E-state index in [0.717, 1.165) is 55.8 Å². The molecule has 2 aromatic heterocycles. The Kier molecular flexibility index (Phi) is 13.9. The predicted octanol–water partition coefficient (Wildman–Crippen LogP) is 6.68. The molecule has 5 N–H and O–H groups in total. The second-order valence-corrected chi connectivity index (χ2v) is 19.6. The molecule has 2 aliphatic rings. The monoisotopic (exact) mass is 918 g/mol. The Hall–Kier alpha value is -5.09. The Morgan fingerprint density at radius 3 is 2.46 bits per heavy atom. The summed E-state index contributed by atoms with van der Waals surface area (Å²) in [6.45, 7) is 9.15. The molecule has 18 heteroatoms. The van der Waals surface area contributed by atoms with Gasteiger partial charge in [0.05, 0.1) is 39.7 Å². The van der Waals surface area contributed by atoms with Crippen molar-refractivity contribution in [3.8, 4) is 5.75 Å². The highest BCUT2D eigenvalue weighted by Gasteiger charge is 2.31. The van der Waals surface area contributed by atoms with Crippen LogP contribution in [0, 0.1) is 11.6 Å². The molecular weight excluding hydrogens is 869 g/mol. The van der Waals surface area contributed by atoms with Gasteiger partial charge in [-0.2, -0.15) is 4.98 Å². The molecule has 1 atom stereocenters. The average Bonchev–Trinajstić information content (AvgIpc) is 3.24. The van der Waals surface area contributed by atoms with Crippen molar-refractivity contribution < 1.29 is 27.7 Å². The lowest BCUT2D eigenvalue weighted by Crippen LogP contribution is -2.44. The molecule has 14 nitrogen and oxygen atoms in total. The third-order valence-electron chi connectivity index (χ3n) is 11.1. The van der Waals surface area contributed by atoms with Crippen LogP contribution < -0.4 is 41.5 Å². The van der Waals surface area contributed by atoms with Crippen LogP contribution in [0.5, 0.6) is 5.75 Å². The molecule has 2 amide bonds. The van der Waals surface area contributed by atoms with Crippen LogP contribution >= 0.6 is 23.1 Å². The van der Waals surface area contributed by atoms with E-state index in [1.807, 2.05) is 12.1 Å². The first kappa shape index (κ1) is 44.0. The largest absolute Gasteiger partial charge is 0.494 e. The Morgan fingerprint density at radius 1 is 0.934 bits per heavy atom. The van der Waals surface area contributed by atoms with E-state index in [9.17, 15) is 22.9 Å². The van der Waals surface area contributed by atoms with E-state index in [2.05, 4.69) is 81.4 Å². The van der Waals surface area contributed by atoms with Gasteiger partial charge in [0.25, 0.3) is 0 Å². The number of methoxy groups -OCH3 is 1. The SMILES string of the molecule is CCc1cc(Nc2ncc(Br)c(Nc3ccc4nccnc4c3P(C)(C)=O)n2)c(OC)cc1N1CCC(NCCNCCc2ccc(C3CCC(=O)NC3=O)c(F)c2F)CC1. The molecule has 0 radical (unpaired) electrons. The van der Waals surface area contributed by atoms with Gasteiger partial charge < -0.3 is 35.5 Å². The van der Waals surface area contributed by atoms with Crippen LogP contribution in [-0.2, 0) is 27.0 Å². The van der Waals surface area contributed by atoms with Crippen molar-refractivity contribution in [2.45, 2.75) is 57.4 Å². The van der Waals surface area contributed by atoms with E-state index in [1.165, 1.54) is 12.1 Å². The smallest absolute Gasteiger partial charge is 0.234 e. The van der Waals surface area contributed by atoms with Crippen molar-refractivity contribution in [1.82, 2.24) is 35.9 Å². The van der Waals surface area contributed by atoms with Crippen LogP contribution in [0.15, 0.2) is 59.5 Å². The predicted molar refractivity (Wildman–Crippen MR) is 239 cm³/mol. The summed E-state index contributed by atoms with van der Waals surface area (Å²) in [7, 11) is -1.14. The summed E-state index contributed by atoms with van der Waals surface area (Å²) >= 11 is 3.57. The molecule has 7 rings (SSSR count). The van der Waals surface area contributed by atoms with Crippen molar-refractivity contribution in [3.63, 3.8) is 0 Å². The minimum atomic E-state index is -2.79. The van der Waals surface area contributed by atoms with Gasteiger partial charge in [0, 0.05) is 74.5 Å². The fraction of sp³-hybridized carbons (Fsp3) is 0.395. The second-order valence-electron chi connectivity index (χ2n) is 15.6. The standard InChI is InChI=1S/C43H50BrF2N10O4P/c1-5-25-22-33(53-43-51-24-30(44)41(55-43)52-32-10-9-31-39(50-19-18-49-31)40(32)61(3,4)59)35(60-2)23-34(25)56-20-13-27(14-21-56)48-17-16-47-15-12-26-6-7-28(38(46)37(26)45)29-8-11-36(57)54-42(29)58/h6-7,9-10,18-19,22-24,27,29,47-48H,5,8,11-17,20-21H2,1-4H3,(H,54,57,58)(H2,51,52,53,55). The normalized spacial score (nSPS) is 16.2. The number of ether oxygens (including phenoxy) is 1. The third-order valence-corrected chi connectivity index (χ3v) is 13.2. The van der Waals surface area contributed by atoms with Gasteiger partial charge in [-0.1, -0.05) is 19.1 Å². The number of carbonyl (C=O) groups is 2. The summed E-state index contributed by atoms with van der Waals surface area (Å²) in [4.78, 5) is 44.2. The first-order chi connectivity index (χ1) is 29.3. The summed E-state index contributed by atoms with van der Waals surface area (Å²) < 4.78 is 49.8. The van der Waals surface area contributed by atoms with Gasteiger partial charge in [0.15, 0.2) is 11.6 Å². The number of anilines is 5. The van der Waals surface area contributed by atoms with Crippen LogP contribution in [0.1, 0.15) is 55.2 Å². The zero-order chi connectivity index (χ0) is 43.3. The highest BCUT2D eigenvalue weighted by molar-refractivity contribution is 9.10. The lowest BCUT2D eigenvalue weighted by molar-refractivity contribution is -0.134. The molecule has 322 valence electrons. The minimum absolute atomic E-state index is 0.0129. The minimum Gasteiger partial charge on any atom is -0.494 e. The fourth-order valence-corrected chi connectivity index (χ4v) is 9.67. The molecule has 2 fully saturated rings. The van der Waals surface area contributed by atoms with Crippen LogP contribution in [0.3, 0.4) is 0 Å². The lowest BCUT2D eigenvalue weighted by Gasteiger charge is -2.35. The molecule has 5 aromatic rings. The molecule has 0 bridgehead atoms. The topological polar surface area (TPSA) is 175 Å². The quantitative estimate of drug-likeness (QED) is 0.0403. The summed E-state index contributed by atoms with van der Waals surface area (Å²) in [6.07, 6.45) is 8.13. The number of amides is 2. The number of nitrogens with zero attached hydrogens (tertiary/aromatic N) is 5. The van der Waals surface area contributed by atoms with E-state index in [4.69, 9.17) is 9.72 Å². The number of rotatable bonds is 16. The first-order valence-corrected chi connectivity index (χ1v) is 23.8. The molecule has 2 aliphatic heterocycles. The van der Waals surface area contributed by atoms with Gasteiger partial charge in [0.1, 0.15) is 24.2 Å². The molecule has 3 aromatic carbocycles. The van der Waals surface area contributed by atoms with Crippen molar-refractivity contribution in [1.29, 1.82) is 0 Å². The summed E-state index contributed by atoms with van der Waals surface area (Å²) in [5.74, 6) is -2.34. The first-order valence-electron chi connectivity index (χ1n) is 20.4. The number of imide groups is 1. The van der Waals surface area contributed by atoms with E-state index in [0.29, 0.717) is 69.6 Å². The maximum absolute atomic E-state index is 14.9. The van der Waals surface area contributed by atoms with Gasteiger partial charge in [0.2, 0.25) is 17.8 Å². The number of aromatic nitrogens is 4. The van der Waals surface area contributed by atoms with Gasteiger partial charge in [-0.15, -0.1) is 0 Å². The highest BCUT2D eigenvalue weighted by Crippen LogP contribution is 2.42. The number of carbonyl (C=O) groups excluding carboxylic acids is 2.